The van der Waals surface area contributed by atoms with Gasteiger partial charge in [0.15, 0.2) is 23.9 Å². The number of carbonyl (C=O) groups is 2. The van der Waals surface area contributed by atoms with E-state index in [0.717, 1.165) is 37.6 Å². The Labute approximate surface area is 182 Å². The highest BCUT2D eigenvalue weighted by molar-refractivity contribution is 6.07. The summed E-state index contributed by atoms with van der Waals surface area (Å²) in [6, 6.07) is 12.9. The van der Waals surface area contributed by atoms with Gasteiger partial charge in [-0.15, -0.1) is 0 Å². The van der Waals surface area contributed by atoms with Crippen LogP contribution in [-0.2, 0) is 9.53 Å². The summed E-state index contributed by atoms with van der Waals surface area (Å²) < 4.78 is 16.2. The first-order valence-electron chi connectivity index (χ1n) is 10.3. The third-order valence-corrected chi connectivity index (χ3v) is 4.88. The molecule has 1 amide bonds. The first kappa shape index (κ1) is 22.4. The van der Waals surface area contributed by atoms with Gasteiger partial charge < -0.3 is 24.4 Å². The highest BCUT2D eigenvalue weighted by atomic mass is 16.5. The van der Waals surface area contributed by atoms with Crippen molar-refractivity contribution in [2.75, 3.05) is 51.5 Å². The Morgan fingerprint density at radius 2 is 1.84 bits per heavy atom. The van der Waals surface area contributed by atoms with E-state index >= 15 is 0 Å². The second-order valence-electron chi connectivity index (χ2n) is 7.00. The number of anilines is 1. The van der Waals surface area contributed by atoms with Gasteiger partial charge in [-0.25, -0.2) is 0 Å². The van der Waals surface area contributed by atoms with E-state index in [1.165, 1.54) is 13.2 Å². The second kappa shape index (κ2) is 11.2. The minimum absolute atomic E-state index is 0.0796. The highest BCUT2D eigenvalue weighted by Crippen LogP contribution is 2.28. The predicted molar refractivity (Wildman–Crippen MR) is 120 cm³/mol. The number of carbonyl (C=O) groups excluding carboxylic acids is 2. The van der Waals surface area contributed by atoms with Gasteiger partial charge in [-0.2, -0.15) is 0 Å². The zero-order valence-corrected chi connectivity index (χ0v) is 17.9. The van der Waals surface area contributed by atoms with Gasteiger partial charge in [0, 0.05) is 30.9 Å². The lowest BCUT2D eigenvalue weighted by Crippen LogP contribution is -2.36. The molecule has 1 N–H and O–H groups in total. The van der Waals surface area contributed by atoms with Crippen molar-refractivity contribution in [2.24, 2.45) is 0 Å². The maximum atomic E-state index is 12.5. The first-order chi connectivity index (χ1) is 15.1. The molecule has 7 nitrogen and oxygen atoms in total. The fourth-order valence-electron chi connectivity index (χ4n) is 3.22. The van der Waals surface area contributed by atoms with Crippen molar-refractivity contribution in [1.82, 2.24) is 5.32 Å². The smallest absolute Gasteiger partial charge is 0.257 e. The maximum absolute atomic E-state index is 12.5. The van der Waals surface area contributed by atoms with E-state index in [4.69, 9.17) is 14.2 Å². The number of hydrogen-bond acceptors (Lipinski definition) is 6. The molecule has 1 saturated heterocycles. The van der Waals surface area contributed by atoms with Crippen LogP contribution in [0.4, 0.5) is 5.69 Å². The van der Waals surface area contributed by atoms with Crippen LogP contribution >= 0.6 is 0 Å². The van der Waals surface area contributed by atoms with Crippen molar-refractivity contribution in [2.45, 2.75) is 6.92 Å². The number of benzene rings is 2. The molecule has 1 fully saturated rings. The number of allylic oxidation sites excluding steroid dienone is 1. The number of hydrogen-bond donors (Lipinski definition) is 1. The average molecular weight is 424 g/mol. The minimum Gasteiger partial charge on any atom is -0.493 e. The summed E-state index contributed by atoms with van der Waals surface area (Å²) in [5.74, 6) is 0.688. The van der Waals surface area contributed by atoms with Gasteiger partial charge in [-0.3, -0.25) is 9.59 Å². The topological polar surface area (TPSA) is 77.1 Å². The van der Waals surface area contributed by atoms with E-state index in [1.54, 1.807) is 24.3 Å². The van der Waals surface area contributed by atoms with Crippen molar-refractivity contribution < 1.29 is 23.8 Å². The number of likely N-dealkylation sites (N-methyl/N-ethyl adjacent to an activating group) is 1. The highest BCUT2D eigenvalue weighted by Gasteiger charge is 2.12. The lowest BCUT2D eigenvalue weighted by molar-refractivity contribution is -0.123. The Kier molecular flexibility index (Phi) is 8.06. The number of amides is 1. The number of nitrogens with zero attached hydrogens (tertiary/aromatic N) is 1. The molecule has 7 heteroatoms. The lowest BCUT2D eigenvalue weighted by atomic mass is 10.1. The molecule has 3 rings (SSSR count). The Morgan fingerprint density at radius 1 is 1.10 bits per heavy atom. The molecular formula is C24H28N2O5. The summed E-state index contributed by atoms with van der Waals surface area (Å²) in [5.41, 5.74) is 2.51. The molecule has 1 heterocycles. The molecule has 0 bridgehead atoms. The van der Waals surface area contributed by atoms with Gasteiger partial charge in [0.25, 0.3) is 5.91 Å². The van der Waals surface area contributed by atoms with Crippen molar-refractivity contribution in [3.05, 3.63) is 59.7 Å². The van der Waals surface area contributed by atoms with Gasteiger partial charge in [-0.05, 0) is 55.0 Å². The van der Waals surface area contributed by atoms with Crippen molar-refractivity contribution in [1.29, 1.82) is 0 Å². The summed E-state index contributed by atoms with van der Waals surface area (Å²) in [5, 5.41) is 2.67. The van der Waals surface area contributed by atoms with E-state index in [9.17, 15) is 9.59 Å². The van der Waals surface area contributed by atoms with Gasteiger partial charge >= 0.3 is 0 Å². The van der Waals surface area contributed by atoms with Crippen LogP contribution in [0.1, 0.15) is 22.8 Å². The van der Waals surface area contributed by atoms with Crippen molar-refractivity contribution in [3.8, 4) is 11.5 Å². The monoisotopic (exact) mass is 424 g/mol. The van der Waals surface area contributed by atoms with Crippen LogP contribution in [0.5, 0.6) is 11.5 Å². The van der Waals surface area contributed by atoms with E-state index in [0.29, 0.717) is 23.6 Å². The minimum atomic E-state index is -0.196. The van der Waals surface area contributed by atoms with Crippen LogP contribution in [0, 0.1) is 0 Å². The number of ketones is 1. The van der Waals surface area contributed by atoms with E-state index in [-0.39, 0.29) is 18.3 Å². The zero-order chi connectivity index (χ0) is 22.1. The second-order valence-corrected chi connectivity index (χ2v) is 7.00. The van der Waals surface area contributed by atoms with E-state index in [1.807, 2.05) is 31.2 Å². The van der Waals surface area contributed by atoms with Crippen LogP contribution < -0.4 is 19.7 Å². The number of methoxy groups -OCH3 is 1. The standard InChI is InChI=1S/C24H28N2O5/c1-3-25-24(28)17-31-22-11-5-18(16-23(22)29-2)4-10-21(27)19-6-8-20(9-7-19)26-12-14-30-15-13-26/h4-11,16H,3,12-15,17H2,1-2H3,(H,25,28). The number of morpholine rings is 1. The molecule has 0 spiro atoms. The predicted octanol–water partition coefficient (Wildman–Crippen LogP) is 2.94. The Balaban J connectivity index is 1.62. The SMILES string of the molecule is CCNC(=O)COc1ccc(C=CC(=O)c2ccc(N3CCOCC3)cc2)cc1OC. The Bertz CT molecular complexity index is 918. The summed E-state index contributed by atoms with van der Waals surface area (Å²) in [7, 11) is 1.53. The molecule has 1 aliphatic rings. The third kappa shape index (κ3) is 6.33. The molecule has 164 valence electrons. The lowest BCUT2D eigenvalue weighted by Gasteiger charge is -2.28. The molecule has 2 aromatic rings. The van der Waals surface area contributed by atoms with Gasteiger partial charge in [-0.1, -0.05) is 12.1 Å². The summed E-state index contributed by atoms with van der Waals surface area (Å²) in [6.45, 7) is 5.48. The molecule has 2 aromatic carbocycles. The molecule has 0 radical (unpaired) electrons. The van der Waals surface area contributed by atoms with Crippen LogP contribution in [0.3, 0.4) is 0 Å². The van der Waals surface area contributed by atoms with Gasteiger partial charge in [0.05, 0.1) is 20.3 Å². The van der Waals surface area contributed by atoms with Crippen LogP contribution in [0.15, 0.2) is 48.5 Å². The maximum Gasteiger partial charge on any atom is 0.257 e. The first-order valence-corrected chi connectivity index (χ1v) is 10.3. The average Bonchev–Trinajstić information content (AvgIpc) is 2.82. The largest absolute Gasteiger partial charge is 0.493 e. The summed E-state index contributed by atoms with van der Waals surface area (Å²) in [6.07, 6.45) is 3.27. The van der Waals surface area contributed by atoms with Crippen LogP contribution in [0.2, 0.25) is 0 Å². The van der Waals surface area contributed by atoms with Crippen LogP contribution in [0.25, 0.3) is 6.08 Å². The third-order valence-electron chi connectivity index (χ3n) is 4.88. The van der Waals surface area contributed by atoms with Gasteiger partial charge in [0.1, 0.15) is 0 Å². The quantitative estimate of drug-likeness (QED) is 0.493. The normalized spacial score (nSPS) is 13.8. The molecule has 31 heavy (non-hydrogen) atoms. The molecule has 0 saturated carbocycles. The van der Waals surface area contributed by atoms with E-state index in [2.05, 4.69) is 10.2 Å². The number of ether oxygens (including phenoxy) is 3. The van der Waals surface area contributed by atoms with Crippen molar-refractivity contribution in [3.63, 3.8) is 0 Å². The number of nitrogens with one attached hydrogen (secondary N) is 1. The van der Waals surface area contributed by atoms with Gasteiger partial charge in [0.2, 0.25) is 0 Å². The van der Waals surface area contributed by atoms with E-state index < -0.39 is 0 Å². The Hall–Kier alpha value is -3.32. The molecule has 0 unspecified atom stereocenters. The molecule has 1 aliphatic heterocycles. The fourth-order valence-corrected chi connectivity index (χ4v) is 3.22. The Morgan fingerprint density at radius 3 is 2.52 bits per heavy atom. The molecule has 0 aliphatic carbocycles. The van der Waals surface area contributed by atoms with Crippen molar-refractivity contribution >= 4 is 23.5 Å². The number of rotatable bonds is 9. The summed E-state index contributed by atoms with van der Waals surface area (Å²) >= 11 is 0. The molecule has 0 atom stereocenters. The molecule has 0 aromatic heterocycles. The molecular weight excluding hydrogens is 396 g/mol. The zero-order valence-electron chi connectivity index (χ0n) is 17.9. The van der Waals surface area contributed by atoms with Crippen LogP contribution in [-0.4, -0.2) is 58.3 Å². The summed E-state index contributed by atoms with van der Waals surface area (Å²) in [4.78, 5) is 26.4. The fraction of sp³-hybridized carbons (Fsp3) is 0.333.